The van der Waals surface area contributed by atoms with Gasteiger partial charge in [0.2, 0.25) is 0 Å². The number of esters is 1. The molecule has 6 heteroatoms. The van der Waals surface area contributed by atoms with Crippen LogP contribution in [-0.4, -0.2) is 35.5 Å². The Bertz CT molecular complexity index is 1110. The van der Waals surface area contributed by atoms with Crippen molar-refractivity contribution in [1.82, 2.24) is 0 Å². The van der Waals surface area contributed by atoms with Gasteiger partial charge in [-0.2, -0.15) is 0 Å². The minimum absolute atomic E-state index is 0.0231. The van der Waals surface area contributed by atoms with Crippen molar-refractivity contribution in [3.63, 3.8) is 0 Å². The van der Waals surface area contributed by atoms with E-state index in [-0.39, 0.29) is 17.5 Å². The lowest BCUT2D eigenvalue weighted by Crippen LogP contribution is -2.43. The van der Waals surface area contributed by atoms with Crippen LogP contribution in [0.5, 0.6) is 0 Å². The third-order valence-electron chi connectivity index (χ3n) is 8.36. The molecule has 2 N–H and O–H groups in total. The first kappa shape index (κ1) is 29.1. The molecular formula is C32H41ClO4S. The molecule has 1 aromatic carbocycles. The fraction of sp³-hybridized carbons (Fsp3) is 0.531. The summed E-state index contributed by atoms with van der Waals surface area (Å²) in [6, 6.07) is 12.7. The minimum atomic E-state index is -0.407. The maximum atomic E-state index is 11.2. The molecule has 206 valence electrons. The molecule has 4 rings (SSSR count). The summed E-state index contributed by atoms with van der Waals surface area (Å²) in [6.07, 6.45) is 15.3. The van der Waals surface area contributed by atoms with Gasteiger partial charge >= 0.3 is 5.97 Å². The van der Waals surface area contributed by atoms with Crippen LogP contribution in [0.4, 0.5) is 0 Å². The Kier molecular flexibility index (Phi) is 10.7. The standard InChI is InChI=1S/C32H41ClO4S/c1-37-30(36)11-5-3-2-4-9-24-16-18-27(34)31(24)25-14-12-23(13-15-25)8-6-10-28(35)32(20-7-21-32)22-26-17-19-29(33)38-26/h2,4,12-15,17,19,27-28,34-35H,3,5-11,16,18,20-22H2,1H3/t27-,28?/m1/s1. The molecule has 0 bridgehead atoms. The van der Waals surface area contributed by atoms with Crippen LogP contribution < -0.4 is 0 Å². The SMILES string of the molecule is COC(=O)CCCC=CCC1=C(c2ccc(CCCC(O)C3(Cc4ccc(Cl)s4)CCC3)cc2)[C@H](O)CC1. The zero-order valence-corrected chi connectivity index (χ0v) is 24.0. The van der Waals surface area contributed by atoms with E-state index in [0.29, 0.717) is 6.42 Å². The van der Waals surface area contributed by atoms with Crippen molar-refractivity contribution in [3.8, 4) is 0 Å². The molecule has 2 atom stereocenters. The number of ether oxygens (including phenoxy) is 1. The van der Waals surface area contributed by atoms with Crippen LogP contribution in [0.1, 0.15) is 86.6 Å². The Morgan fingerprint density at radius 3 is 2.63 bits per heavy atom. The molecule has 1 heterocycles. The molecule has 0 radical (unpaired) electrons. The summed E-state index contributed by atoms with van der Waals surface area (Å²) < 4.78 is 5.50. The van der Waals surface area contributed by atoms with E-state index < -0.39 is 6.10 Å². The van der Waals surface area contributed by atoms with Gasteiger partial charge in [-0.25, -0.2) is 0 Å². The van der Waals surface area contributed by atoms with E-state index in [1.165, 1.54) is 29.5 Å². The fourth-order valence-corrected chi connectivity index (χ4v) is 7.20. The predicted molar refractivity (Wildman–Crippen MR) is 156 cm³/mol. The topological polar surface area (TPSA) is 66.8 Å². The maximum Gasteiger partial charge on any atom is 0.305 e. The average molecular weight is 557 g/mol. The molecule has 1 saturated carbocycles. The number of rotatable bonds is 14. The molecule has 4 nitrogen and oxygen atoms in total. The number of benzene rings is 1. The van der Waals surface area contributed by atoms with E-state index >= 15 is 0 Å². The first-order valence-corrected chi connectivity index (χ1v) is 15.2. The number of methoxy groups -OCH3 is 1. The van der Waals surface area contributed by atoms with E-state index in [9.17, 15) is 15.0 Å². The van der Waals surface area contributed by atoms with Gasteiger partial charge in [0.05, 0.1) is 23.7 Å². The Morgan fingerprint density at radius 2 is 1.97 bits per heavy atom. The van der Waals surface area contributed by atoms with Crippen molar-refractivity contribution < 1.29 is 19.7 Å². The lowest BCUT2D eigenvalue weighted by Gasteiger charge is -2.45. The van der Waals surface area contributed by atoms with Crippen LogP contribution in [-0.2, 0) is 22.4 Å². The van der Waals surface area contributed by atoms with Crippen molar-refractivity contribution in [3.05, 3.63) is 74.5 Å². The van der Waals surface area contributed by atoms with E-state index in [1.807, 2.05) is 6.07 Å². The molecule has 1 fully saturated rings. The van der Waals surface area contributed by atoms with Gasteiger partial charge in [0.1, 0.15) is 0 Å². The highest BCUT2D eigenvalue weighted by Gasteiger charge is 2.43. The third kappa shape index (κ3) is 7.59. The normalized spacial score (nSPS) is 19.6. The number of carbonyl (C=O) groups is 1. The molecule has 38 heavy (non-hydrogen) atoms. The molecule has 1 aromatic heterocycles. The average Bonchev–Trinajstić information content (AvgIpc) is 3.48. The second-order valence-electron chi connectivity index (χ2n) is 10.9. The number of carbonyl (C=O) groups excluding carboxylic acids is 1. The Hall–Kier alpha value is -1.92. The number of hydrogen-bond acceptors (Lipinski definition) is 5. The van der Waals surface area contributed by atoms with Crippen LogP contribution in [0.2, 0.25) is 4.34 Å². The monoisotopic (exact) mass is 556 g/mol. The zero-order chi connectivity index (χ0) is 27.0. The predicted octanol–water partition coefficient (Wildman–Crippen LogP) is 7.70. The lowest BCUT2D eigenvalue weighted by atomic mass is 9.62. The van der Waals surface area contributed by atoms with Crippen molar-refractivity contribution in [2.75, 3.05) is 7.11 Å². The molecule has 2 aromatic rings. The third-order valence-corrected chi connectivity index (χ3v) is 9.59. The van der Waals surface area contributed by atoms with Crippen molar-refractivity contribution in [1.29, 1.82) is 0 Å². The van der Waals surface area contributed by atoms with Gasteiger partial charge in [-0.1, -0.05) is 60.0 Å². The van der Waals surface area contributed by atoms with Gasteiger partial charge in [-0.05, 0) is 99.5 Å². The maximum absolute atomic E-state index is 11.2. The number of allylic oxidation sites excluding steroid dienone is 3. The van der Waals surface area contributed by atoms with Gasteiger partial charge in [0.15, 0.2) is 0 Å². The molecule has 0 aliphatic heterocycles. The van der Waals surface area contributed by atoms with Gasteiger partial charge in [0.25, 0.3) is 0 Å². The van der Waals surface area contributed by atoms with Crippen molar-refractivity contribution in [2.24, 2.45) is 5.41 Å². The summed E-state index contributed by atoms with van der Waals surface area (Å²) in [5.41, 5.74) is 4.78. The number of halogens is 1. The van der Waals surface area contributed by atoms with Gasteiger partial charge in [0, 0.05) is 16.7 Å². The van der Waals surface area contributed by atoms with E-state index in [1.54, 1.807) is 11.3 Å². The van der Waals surface area contributed by atoms with E-state index in [4.69, 9.17) is 11.6 Å². The molecule has 2 aliphatic carbocycles. The molecule has 0 spiro atoms. The number of aliphatic hydroxyl groups is 2. The lowest BCUT2D eigenvalue weighted by molar-refractivity contribution is -0.140. The van der Waals surface area contributed by atoms with Gasteiger partial charge < -0.3 is 14.9 Å². The van der Waals surface area contributed by atoms with Gasteiger partial charge in [-0.3, -0.25) is 4.79 Å². The van der Waals surface area contributed by atoms with Crippen LogP contribution in [0, 0.1) is 5.41 Å². The Labute approximate surface area is 236 Å². The summed E-state index contributed by atoms with van der Waals surface area (Å²) in [6.45, 7) is 0. The van der Waals surface area contributed by atoms with Crippen molar-refractivity contribution >= 4 is 34.5 Å². The number of unbranched alkanes of at least 4 members (excludes halogenated alkanes) is 1. The second-order valence-corrected chi connectivity index (χ2v) is 12.7. The highest BCUT2D eigenvalue weighted by atomic mass is 35.5. The van der Waals surface area contributed by atoms with Crippen molar-refractivity contribution in [2.45, 2.75) is 95.7 Å². The second kappa shape index (κ2) is 13.9. The first-order chi connectivity index (χ1) is 18.4. The number of thiophene rings is 1. The molecular weight excluding hydrogens is 516 g/mol. The number of aliphatic hydroxyl groups excluding tert-OH is 2. The quantitative estimate of drug-likeness (QED) is 0.142. The number of aryl methyl sites for hydroxylation is 1. The summed E-state index contributed by atoms with van der Waals surface area (Å²) in [5, 5.41) is 21.7. The fourth-order valence-electron chi connectivity index (χ4n) is 5.95. The summed E-state index contributed by atoms with van der Waals surface area (Å²) in [4.78, 5) is 12.5. The highest BCUT2D eigenvalue weighted by Crippen LogP contribution is 2.49. The molecule has 2 aliphatic rings. The van der Waals surface area contributed by atoms with Gasteiger partial charge in [-0.15, -0.1) is 11.3 Å². The van der Waals surface area contributed by atoms with E-state index in [2.05, 4.69) is 47.2 Å². The minimum Gasteiger partial charge on any atom is -0.469 e. The Morgan fingerprint density at radius 1 is 1.18 bits per heavy atom. The van der Waals surface area contributed by atoms with Crippen LogP contribution in [0.3, 0.4) is 0 Å². The largest absolute Gasteiger partial charge is 0.469 e. The van der Waals surface area contributed by atoms with Crippen LogP contribution in [0.15, 0.2) is 54.1 Å². The first-order valence-electron chi connectivity index (χ1n) is 14.0. The Balaban J connectivity index is 1.27. The molecule has 0 saturated heterocycles. The highest BCUT2D eigenvalue weighted by molar-refractivity contribution is 7.16. The molecule has 1 unspecified atom stereocenters. The zero-order valence-electron chi connectivity index (χ0n) is 22.5. The smallest absolute Gasteiger partial charge is 0.305 e. The number of hydrogen-bond donors (Lipinski definition) is 2. The van der Waals surface area contributed by atoms with E-state index in [0.717, 1.165) is 86.1 Å². The summed E-state index contributed by atoms with van der Waals surface area (Å²) >= 11 is 7.76. The summed E-state index contributed by atoms with van der Waals surface area (Å²) in [5.74, 6) is -0.163. The van der Waals surface area contributed by atoms with Crippen LogP contribution in [0.25, 0.3) is 5.57 Å². The van der Waals surface area contributed by atoms with Crippen LogP contribution >= 0.6 is 22.9 Å². The summed E-state index contributed by atoms with van der Waals surface area (Å²) in [7, 11) is 1.42. The molecule has 0 amide bonds.